The third kappa shape index (κ3) is 5.59. The maximum absolute atomic E-state index is 12.8. The fourth-order valence-electron chi connectivity index (χ4n) is 3.76. The van der Waals surface area contributed by atoms with Crippen molar-refractivity contribution in [2.75, 3.05) is 26.2 Å². The molecule has 3 rings (SSSR count). The lowest BCUT2D eigenvalue weighted by atomic mass is 10.0. The van der Waals surface area contributed by atoms with Crippen LogP contribution < -0.4 is 4.74 Å². The number of benzene rings is 2. The van der Waals surface area contributed by atoms with Gasteiger partial charge >= 0.3 is 0 Å². The average molecular weight is 395 g/mol. The summed E-state index contributed by atoms with van der Waals surface area (Å²) in [5.74, 6) is 0.795. The highest BCUT2D eigenvalue weighted by atomic mass is 16.5. The molecule has 0 unspecified atom stereocenters. The molecule has 1 aliphatic rings. The number of nitrogens with zero attached hydrogens (tertiary/aromatic N) is 2. The molecule has 0 aromatic heterocycles. The molecule has 0 saturated carbocycles. The van der Waals surface area contributed by atoms with Crippen LogP contribution in [-0.4, -0.2) is 53.9 Å². The van der Waals surface area contributed by atoms with Crippen LogP contribution in [-0.2, 0) is 4.79 Å². The minimum Gasteiger partial charge on any atom is -0.484 e. The Labute approximate surface area is 173 Å². The number of carbonyl (C=O) groups is 2. The van der Waals surface area contributed by atoms with Crippen LogP contribution in [0.1, 0.15) is 42.1 Å². The number of likely N-dealkylation sites (tertiary alicyclic amines) is 1. The Hall–Kier alpha value is -2.82. The molecule has 1 saturated heterocycles. The third-order valence-corrected chi connectivity index (χ3v) is 5.38. The van der Waals surface area contributed by atoms with Gasteiger partial charge in [-0.25, -0.2) is 0 Å². The van der Waals surface area contributed by atoms with Crippen LogP contribution in [0.2, 0.25) is 0 Å². The standard InChI is InChI=1S/C24H30N2O3/c1-3-15-26(23(27)18-29-22-11-9-19(2)10-12-22)21-13-16-25(17-14-21)24(28)20-7-5-4-6-8-20/h4-12,21H,3,13-18H2,1-2H3. The van der Waals surface area contributed by atoms with Crippen molar-refractivity contribution in [2.45, 2.75) is 39.2 Å². The van der Waals surface area contributed by atoms with Crippen molar-refractivity contribution in [1.82, 2.24) is 9.80 Å². The van der Waals surface area contributed by atoms with E-state index in [1.807, 2.05) is 71.3 Å². The van der Waals surface area contributed by atoms with Crippen molar-refractivity contribution in [3.05, 3.63) is 65.7 Å². The quantitative estimate of drug-likeness (QED) is 0.715. The van der Waals surface area contributed by atoms with Crippen molar-refractivity contribution in [3.63, 3.8) is 0 Å². The molecular weight excluding hydrogens is 364 g/mol. The van der Waals surface area contributed by atoms with E-state index in [0.29, 0.717) is 25.4 Å². The zero-order chi connectivity index (χ0) is 20.6. The summed E-state index contributed by atoms with van der Waals surface area (Å²) in [6, 6.07) is 17.3. The van der Waals surface area contributed by atoms with E-state index in [4.69, 9.17) is 4.74 Å². The number of hydrogen-bond donors (Lipinski definition) is 0. The minimum atomic E-state index is 0.0141. The largest absolute Gasteiger partial charge is 0.484 e. The third-order valence-electron chi connectivity index (χ3n) is 5.38. The molecule has 5 nitrogen and oxygen atoms in total. The molecule has 2 aromatic rings. The highest BCUT2D eigenvalue weighted by Gasteiger charge is 2.29. The maximum atomic E-state index is 12.8. The highest BCUT2D eigenvalue weighted by Crippen LogP contribution is 2.20. The molecule has 1 aliphatic heterocycles. The van der Waals surface area contributed by atoms with Gasteiger partial charge in [-0.05, 0) is 50.5 Å². The van der Waals surface area contributed by atoms with Crippen molar-refractivity contribution in [2.24, 2.45) is 0 Å². The van der Waals surface area contributed by atoms with Crippen LogP contribution in [0.5, 0.6) is 5.75 Å². The molecular formula is C24H30N2O3. The Balaban J connectivity index is 1.55. The first kappa shape index (κ1) is 20.9. The molecule has 154 valence electrons. The molecule has 0 N–H and O–H groups in total. The predicted molar refractivity (Wildman–Crippen MR) is 114 cm³/mol. The SMILES string of the molecule is CCCN(C(=O)COc1ccc(C)cc1)C1CCN(C(=O)c2ccccc2)CC1. The summed E-state index contributed by atoms with van der Waals surface area (Å²) in [4.78, 5) is 29.3. The van der Waals surface area contributed by atoms with Crippen molar-refractivity contribution in [3.8, 4) is 5.75 Å². The van der Waals surface area contributed by atoms with Gasteiger partial charge in [-0.15, -0.1) is 0 Å². The smallest absolute Gasteiger partial charge is 0.260 e. The Kier molecular flexibility index (Phi) is 7.28. The number of carbonyl (C=O) groups excluding carboxylic acids is 2. The Morgan fingerprint density at radius 3 is 2.31 bits per heavy atom. The number of ether oxygens (including phenoxy) is 1. The van der Waals surface area contributed by atoms with Gasteiger partial charge in [0.1, 0.15) is 5.75 Å². The van der Waals surface area contributed by atoms with Gasteiger partial charge in [0.2, 0.25) is 0 Å². The molecule has 0 aliphatic carbocycles. The number of amides is 2. The second-order valence-corrected chi connectivity index (χ2v) is 7.58. The number of piperidine rings is 1. The Morgan fingerprint density at radius 2 is 1.69 bits per heavy atom. The number of rotatable bonds is 7. The van der Waals surface area contributed by atoms with Gasteiger partial charge in [-0.1, -0.05) is 42.8 Å². The van der Waals surface area contributed by atoms with E-state index in [0.717, 1.165) is 30.4 Å². The second-order valence-electron chi connectivity index (χ2n) is 7.58. The van der Waals surface area contributed by atoms with Crippen LogP contribution >= 0.6 is 0 Å². The van der Waals surface area contributed by atoms with E-state index < -0.39 is 0 Å². The lowest BCUT2D eigenvalue weighted by Crippen LogP contribution is -2.50. The Bertz CT molecular complexity index is 797. The first-order valence-corrected chi connectivity index (χ1v) is 10.4. The number of hydrogen-bond acceptors (Lipinski definition) is 3. The normalized spacial score (nSPS) is 14.5. The highest BCUT2D eigenvalue weighted by molar-refractivity contribution is 5.94. The van der Waals surface area contributed by atoms with E-state index in [1.54, 1.807) is 0 Å². The molecule has 2 aromatic carbocycles. The van der Waals surface area contributed by atoms with Crippen LogP contribution in [0.25, 0.3) is 0 Å². The van der Waals surface area contributed by atoms with E-state index in [9.17, 15) is 9.59 Å². The van der Waals surface area contributed by atoms with Crippen molar-refractivity contribution in [1.29, 1.82) is 0 Å². The fraction of sp³-hybridized carbons (Fsp3) is 0.417. The summed E-state index contributed by atoms with van der Waals surface area (Å²) in [7, 11) is 0. The van der Waals surface area contributed by atoms with Gasteiger partial charge in [0.25, 0.3) is 11.8 Å². The van der Waals surface area contributed by atoms with Crippen LogP contribution in [0.4, 0.5) is 0 Å². The molecule has 1 heterocycles. The molecule has 1 fully saturated rings. The topological polar surface area (TPSA) is 49.9 Å². The molecule has 0 radical (unpaired) electrons. The van der Waals surface area contributed by atoms with Gasteiger partial charge in [0.15, 0.2) is 6.61 Å². The fourth-order valence-corrected chi connectivity index (χ4v) is 3.76. The zero-order valence-corrected chi connectivity index (χ0v) is 17.3. The van der Waals surface area contributed by atoms with Crippen molar-refractivity contribution < 1.29 is 14.3 Å². The van der Waals surface area contributed by atoms with E-state index in [2.05, 4.69) is 6.92 Å². The first-order valence-electron chi connectivity index (χ1n) is 10.4. The van der Waals surface area contributed by atoms with Gasteiger partial charge < -0.3 is 14.5 Å². The predicted octanol–water partition coefficient (Wildman–Crippen LogP) is 3.92. The van der Waals surface area contributed by atoms with Crippen molar-refractivity contribution >= 4 is 11.8 Å². The molecule has 0 atom stereocenters. The van der Waals surface area contributed by atoms with E-state index in [-0.39, 0.29) is 24.5 Å². The first-order chi connectivity index (χ1) is 14.1. The summed E-state index contributed by atoms with van der Waals surface area (Å²) >= 11 is 0. The maximum Gasteiger partial charge on any atom is 0.260 e. The average Bonchev–Trinajstić information content (AvgIpc) is 2.77. The minimum absolute atomic E-state index is 0.0141. The van der Waals surface area contributed by atoms with Gasteiger partial charge in [-0.3, -0.25) is 9.59 Å². The van der Waals surface area contributed by atoms with Crippen LogP contribution in [0.3, 0.4) is 0 Å². The van der Waals surface area contributed by atoms with Crippen LogP contribution in [0.15, 0.2) is 54.6 Å². The summed E-state index contributed by atoms with van der Waals surface area (Å²) in [5.41, 5.74) is 1.88. The van der Waals surface area contributed by atoms with E-state index in [1.165, 1.54) is 0 Å². The van der Waals surface area contributed by atoms with Gasteiger partial charge in [0.05, 0.1) is 0 Å². The Morgan fingerprint density at radius 1 is 1.03 bits per heavy atom. The molecule has 2 amide bonds. The van der Waals surface area contributed by atoms with Gasteiger partial charge in [0, 0.05) is 31.2 Å². The molecule has 5 heteroatoms. The molecule has 0 bridgehead atoms. The van der Waals surface area contributed by atoms with Crippen LogP contribution in [0, 0.1) is 6.92 Å². The second kappa shape index (κ2) is 10.1. The lowest BCUT2D eigenvalue weighted by molar-refractivity contribution is -0.136. The molecule has 29 heavy (non-hydrogen) atoms. The lowest BCUT2D eigenvalue weighted by Gasteiger charge is -2.38. The summed E-state index contributed by atoms with van der Waals surface area (Å²) < 4.78 is 5.70. The monoisotopic (exact) mass is 394 g/mol. The van der Waals surface area contributed by atoms with E-state index >= 15 is 0 Å². The molecule has 0 spiro atoms. The summed E-state index contributed by atoms with van der Waals surface area (Å²) in [5, 5.41) is 0. The van der Waals surface area contributed by atoms with Gasteiger partial charge in [-0.2, -0.15) is 0 Å². The number of aryl methyl sites for hydroxylation is 1. The zero-order valence-electron chi connectivity index (χ0n) is 17.3. The summed E-state index contributed by atoms with van der Waals surface area (Å²) in [6.45, 7) is 6.21. The summed E-state index contributed by atoms with van der Waals surface area (Å²) in [6.07, 6.45) is 2.50.